The molecule has 19 heavy (non-hydrogen) atoms. The van der Waals surface area contributed by atoms with Crippen molar-refractivity contribution in [1.29, 1.82) is 0 Å². The molecule has 0 saturated carbocycles. The summed E-state index contributed by atoms with van der Waals surface area (Å²) in [6.45, 7) is 2.14. The van der Waals surface area contributed by atoms with Crippen molar-refractivity contribution in [2.24, 2.45) is 5.73 Å². The number of nitrogens with one attached hydrogen (secondary N) is 1. The van der Waals surface area contributed by atoms with Crippen LogP contribution in [-0.2, 0) is 6.18 Å². The van der Waals surface area contributed by atoms with E-state index in [1.54, 1.807) is 0 Å². The quantitative estimate of drug-likeness (QED) is 0.618. The van der Waals surface area contributed by atoms with Crippen molar-refractivity contribution in [3.63, 3.8) is 0 Å². The summed E-state index contributed by atoms with van der Waals surface area (Å²) in [5.41, 5.74) is 4.70. The average molecular weight is 337 g/mol. The van der Waals surface area contributed by atoms with E-state index < -0.39 is 11.7 Å². The number of hydrogen-bond donors (Lipinski definition) is 2. The Morgan fingerprint density at radius 2 is 1.63 bits per heavy atom. The van der Waals surface area contributed by atoms with E-state index in [2.05, 4.69) is 5.32 Å². The van der Waals surface area contributed by atoms with E-state index >= 15 is 0 Å². The molecule has 0 unspecified atom stereocenters. The van der Waals surface area contributed by atoms with E-state index in [-0.39, 0.29) is 24.8 Å². The highest BCUT2D eigenvalue weighted by atomic mass is 35.5. The van der Waals surface area contributed by atoms with Crippen LogP contribution in [0.5, 0.6) is 0 Å². The Hall–Kier alpha value is -0.140. The van der Waals surface area contributed by atoms with Crippen LogP contribution in [0.15, 0.2) is 29.2 Å². The SMILES string of the molecule is Cl.Cl.NCCNCCSc1ccc(C(F)(F)F)cc1. The number of alkyl halides is 3. The molecule has 0 spiro atoms. The minimum absolute atomic E-state index is 0. The minimum Gasteiger partial charge on any atom is -0.329 e. The molecule has 0 aliphatic heterocycles. The standard InChI is InChI=1S/C11H15F3N2S.2ClH/c12-11(13,14)9-1-3-10(4-2-9)17-8-7-16-6-5-15;;/h1-4,16H,5-8,15H2;2*1H. The summed E-state index contributed by atoms with van der Waals surface area (Å²) < 4.78 is 36.8. The molecule has 0 aliphatic rings. The molecule has 0 saturated heterocycles. The van der Waals surface area contributed by atoms with Crippen molar-refractivity contribution < 1.29 is 13.2 Å². The van der Waals surface area contributed by atoms with Crippen LogP contribution in [0, 0.1) is 0 Å². The molecule has 2 nitrogen and oxygen atoms in total. The molecule has 0 bridgehead atoms. The maximum absolute atomic E-state index is 12.3. The smallest absolute Gasteiger partial charge is 0.329 e. The van der Waals surface area contributed by atoms with E-state index in [9.17, 15) is 13.2 Å². The lowest BCUT2D eigenvalue weighted by molar-refractivity contribution is -0.137. The zero-order chi connectivity index (χ0) is 12.7. The second-order valence-electron chi connectivity index (χ2n) is 3.41. The van der Waals surface area contributed by atoms with Gasteiger partial charge in [-0.2, -0.15) is 13.2 Å². The molecular weight excluding hydrogens is 320 g/mol. The summed E-state index contributed by atoms with van der Waals surface area (Å²) in [5.74, 6) is 0.811. The van der Waals surface area contributed by atoms with E-state index in [4.69, 9.17) is 5.73 Å². The van der Waals surface area contributed by atoms with Crippen LogP contribution in [0.3, 0.4) is 0 Å². The van der Waals surface area contributed by atoms with Gasteiger partial charge in [-0.25, -0.2) is 0 Å². The van der Waals surface area contributed by atoms with E-state index in [0.717, 1.165) is 35.9 Å². The number of hydrogen-bond acceptors (Lipinski definition) is 3. The van der Waals surface area contributed by atoms with Crippen molar-refractivity contribution in [1.82, 2.24) is 5.32 Å². The topological polar surface area (TPSA) is 38.0 Å². The fraction of sp³-hybridized carbons (Fsp3) is 0.455. The monoisotopic (exact) mass is 336 g/mol. The third-order valence-corrected chi connectivity index (χ3v) is 3.06. The maximum atomic E-state index is 12.3. The Morgan fingerprint density at radius 3 is 2.11 bits per heavy atom. The highest BCUT2D eigenvalue weighted by Crippen LogP contribution is 2.30. The minimum atomic E-state index is -4.26. The molecule has 0 amide bonds. The molecule has 1 aromatic carbocycles. The number of thioether (sulfide) groups is 1. The third-order valence-electron chi connectivity index (χ3n) is 2.05. The van der Waals surface area contributed by atoms with Crippen molar-refractivity contribution in [3.05, 3.63) is 29.8 Å². The average Bonchev–Trinajstić information content (AvgIpc) is 2.28. The Balaban J connectivity index is 0. The molecule has 0 fully saturated rings. The predicted molar refractivity (Wildman–Crippen MR) is 78.6 cm³/mol. The lowest BCUT2D eigenvalue weighted by atomic mass is 10.2. The Morgan fingerprint density at radius 1 is 1.05 bits per heavy atom. The van der Waals surface area contributed by atoms with Crippen molar-refractivity contribution in [2.75, 3.05) is 25.4 Å². The van der Waals surface area contributed by atoms with E-state index in [1.165, 1.54) is 23.9 Å². The molecule has 112 valence electrons. The molecule has 0 aromatic heterocycles. The van der Waals surface area contributed by atoms with E-state index in [0.29, 0.717) is 6.54 Å². The molecule has 1 rings (SSSR count). The first-order valence-electron chi connectivity index (χ1n) is 5.25. The highest BCUT2D eigenvalue weighted by Gasteiger charge is 2.29. The first kappa shape index (κ1) is 21.2. The zero-order valence-corrected chi connectivity index (χ0v) is 12.5. The van der Waals surface area contributed by atoms with Gasteiger partial charge in [0.2, 0.25) is 0 Å². The van der Waals surface area contributed by atoms with Crippen molar-refractivity contribution >= 4 is 36.6 Å². The predicted octanol–water partition coefficient (Wildman–Crippen LogP) is 3.19. The van der Waals surface area contributed by atoms with Gasteiger partial charge >= 0.3 is 6.18 Å². The second kappa shape index (κ2) is 10.6. The van der Waals surface area contributed by atoms with Gasteiger partial charge in [0, 0.05) is 30.3 Å². The molecule has 0 radical (unpaired) electrons. The van der Waals surface area contributed by atoms with Gasteiger partial charge in [0.05, 0.1) is 5.56 Å². The Labute approximate surface area is 127 Å². The van der Waals surface area contributed by atoms with Crippen molar-refractivity contribution in [3.8, 4) is 0 Å². The molecular formula is C11H17Cl2F3N2S. The van der Waals surface area contributed by atoms with E-state index in [1.807, 2.05) is 0 Å². The molecule has 0 heterocycles. The summed E-state index contributed by atoms with van der Waals surface area (Å²) in [5, 5.41) is 3.12. The number of halogens is 5. The van der Waals surface area contributed by atoms with Gasteiger partial charge < -0.3 is 11.1 Å². The summed E-state index contributed by atoms with van der Waals surface area (Å²) in [6.07, 6.45) is -4.26. The van der Waals surface area contributed by atoms with Crippen LogP contribution in [-0.4, -0.2) is 25.4 Å². The maximum Gasteiger partial charge on any atom is 0.416 e. The fourth-order valence-corrected chi connectivity index (χ4v) is 2.02. The number of rotatable bonds is 6. The van der Waals surface area contributed by atoms with Gasteiger partial charge in [0.1, 0.15) is 0 Å². The fourth-order valence-electron chi connectivity index (χ4n) is 1.21. The largest absolute Gasteiger partial charge is 0.416 e. The molecule has 0 atom stereocenters. The van der Waals surface area contributed by atoms with Crippen LogP contribution in [0.1, 0.15) is 5.56 Å². The molecule has 1 aromatic rings. The van der Waals surface area contributed by atoms with Crippen LogP contribution in [0.4, 0.5) is 13.2 Å². The van der Waals surface area contributed by atoms with Gasteiger partial charge in [-0.3, -0.25) is 0 Å². The lowest BCUT2D eigenvalue weighted by Gasteiger charge is -2.07. The number of benzene rings is 1. The molecule has 0 aliphatic carbocycles. The Bertz CT molecular complexity index is 334. The molecule has 3 N–H and O–H groups in total. The second-order valence-corrected chi connectivity index (χ2v) is 4.58. The summed E-state index contributed by atoms with van der Waals surface area (Å²) in [7, 11) is 0. The normalized spacial score (nSPS) is 10.5. The first-order chi connectivity index (χ1) is 8.04. The van der Waals surface area contributed by atoms with Gasteiger partial charge in [0.25, 0.3) is 0 Å². The van der Waals surface area contributed by atoms with Gasteiger partial charge in [-0.15, -0.1) is 36.6 Å². The van der Waals surface area contributed by atoms with Crippen LogP contribution >= 0.6 is 36.6 Å². The summed E-state index contributed by atoms with van der Waals surface area (Å²) >= 11 is 1.52. The van der Waals surface area contributed by atoms with Gasteiger partial charge in [-0.1, -0.05) is 0 Å². The van der Waals surface area contributed by atoms with Crippen LogP contribution in [0.25, 0.3) is 0 Å². The van der Waals surface area contributed by atoms with Crippen LogP contribution in [0.2, 0.25) is 0 Å². The first-order valence-corrected chi connectivity index (χ1v) is 6.23. The third kappa shape index (κ3) is 8.60. The highest BCUT2D eigenvalue weighted by molar-refractivity contribution is 7.99. The summed E-state index contributed by atoms with van der Waals surface area (Å²) in [4.78, 5) is 0.840. The molecule has 8 heteroatoms. The zero-order valence-electron chi connectivity index (χ0n) is 10.1. The Kier molecular flexibility index (Phi) is 11.8. The van der Waals surface area contributed by atoms with Crippen LogP contribution < -0.4 is 11.1 Å². The van der Waals surface area contributed by atoms with Crippen molar-refractivity contribution in [2.45, 2.75) is 11.1 Å². The van der Waals surface area contributed by atoms with Gasteiger partial charge in [-0.05, 0) is 24.3 Å². The summed E-state index contributed by atoms with van der Waals surface area (Å²) in [6, 6.07) is 5.21. The lowest BCUT2D eigenvalue weighted by Crippen LogP contribution is -2.24. The number of nitrogens with two attached hydrogens (primary N) is 1. The van der Waals surface area contributed by atoms with Gasteiger partial charge in [0.15, 0.2) is 0 Å².